The Labute approximate surface area is 90.1 Å². The molecule has 0 aliphatic carbocycles. The molecule has 1 amide bonds. The van der Waals surface area contributed by atoms with Crippen molar-refractivity contribution in [3.63, 3.8) is 0 Å². The monoisotopic (exact) mass is 204 g/mol. The standard InChI is InChI=1S/C12H16N2O/c1-10(15)14-8-7-13-12(9-14)11-5-3-2-4-6-11/h2-6,12-13H,7-9H2,1H3/q+1. The number of piperazine rings is 1. The number of carbonyl (C=O) groups is 1. The first-order valence-electron chi connectivity index (χ1n) is 5.31. The fourth-order valence-corrected chi connectivity index (χ4v) is 1.94. The van der Waals surface area contributed by atoms with Gasteiger partial charge in [0.05, 0.1) is 19.5 Å². The second-order valence-electron chi connectivity index (χ2n) is 3.88. The van der Waals surface area contributed by atoms with Gasteiger partial charge in [0.2, 0.25) is 0 Å². The summed E-state index contributed by atoms with van der Waals surface area (Å²) < 4.78 is 0. The molecule has 1 fully saturated rings. The molecule has 1 saturated heterocycles. The predicted octanol–water partition coefficient (Wildman–Crippen LogP) is 1.02. The molecule has 1 radical (unpaired) electrons. The Hall–Kier alpha value is -1.19. The van der Waals surface area contributed by atoms with Gasteiger partial charge in [-0.15, -0.1) is 0 Å². The Balaban J connectivity index is 2.08. The van der Waals surface area contributed by atoms with E-state index in [4.69, 9.17) is 0 Å². The molecule has 0 spiro atoms. The van der Waals surface area contributed by atoms with Crippen LogP contribution in [0.1, 0.15) is 18.5 Å². The summed E-state index contributed by atoms with van der Waals surface area (Å²) in [6, 6.07) is 10.6. The van der Waals surface area contributed by atoms with Gasteiger partial charge in [-0.3, -0.25) is 5.32 Å². The second kappa shape index (κ2) is 4.55. The van der Waals surface area contributed by atoms with Crippen LogP contribution in [0.4, 0.5) is 0 Å². The van der Waals surface area contributed by atoms with Crippen molar-refractivity contribution in [3.05, 3.63) is 35.9 Å². The van der Waals surface area contributed by atoms with E-state index in [1.165, 1.54) is 5.56 Å². The van der Waals surface area contributed by atoms with Crippen molar-refractivity contribution in [2.75, 3.05) is 19.6 Å². The lowest BCUT2D eigenvalue weighted by molar-refractivity contribution is -0.124. The van der Waals surface area contributed by atoms with Gasteiger partial charge in [-0.2, -0.15) is 0 Å². The molecule has 1 aliphatic heterocycles. The number of hydrogen-bond acceptors (Lipinski definition) is 2. The molecule has 1 atom stereocenters. The molecular weight excluding hydrogens is 188 g/mol. The van der Waals surface area contributed by atoms with Gasteiger partial charge in [0.1, 0.15) is 6.54 Å². The van der Waals surface area contributed by atoms with E-state index in [0.29, 0.717) is 0 Å². The molecule has 1 unspecified atom stereocenters. The smallest absolute Gasteiger partial charge is 0.299 e. The van der Waals surface area contributed by atoms with Crippen LogP contribution in [0.5, 0.6) is 0 Å². The SMILES string of the molecule is CC(=O)[N+]1CCNC(c2ccccc2)C1. The van der Waals surface area contributed by atoms with E-state index in [1.54, 1.807) is 6.92 Å². The molecule has 3 nitrogen and oxygen atoms in total. The summed E-state index contributed by atoms with van der Waals surface area (Å²) in [6.07, 6.45) is 0. The molecule has 3 heteroatoms. The van der Waals surface area contributed by atoms with Crippen molar-refractivity contribution in [2.45, 2.75) is 13.0 Å². The van der Waals surface area contributed by atoms with Crippen LogP contribution >= 0.6 is 0 Å². The predicted molar refractivity (Wildman–Crippen MR) is 59.7 cm³/mol. The van der Waals surface area contributed by atoms with Crippen molar-refractivity contribution >= 4 is 5.91 Å². The topological polar surface area (TPSA) is 35.0 Å². The molecule has 1 aromatic carbocycles. The van der Waals surface area contributed by atoms with Gasteiger partial charge >= 0.3 is 5.91 Å². The van der Waals surface area contributed by atoms with E-state index >= 15 is 0 Å². The molecule has 79 valence electrons. The van der Waals surface area contributed by atoms with Gasteiger partial charge in [-0.1, -0.05) is 35.2 Å². The number of rotatable bonds is 1. The Bertz CT molecular complexity index is 337. The van der Waals surface area contributed by atoms with Gasteiger partial charge in [-0.25, -0.2) is 4.79 Å². The zero-order chi connectivity index (χ0) is 10.7. The van der Waals surface area contributed by atoms with Gasteiger partial charge in [0, 0.05) is 0 Å². The third-order valence-electron chi connectivity index (χ3n) is 2.82. The fourth-order valence-electron chi connectivity index (χ4n) is 1.94. The minimum atomic E-state index is 0.164. The fraction of sp³-hybridized carbons (Fsp3) is 0.417. The van der Waals surface area contributed by atoms with E-state index in [2.05, 4.69) is 17.4 Å². The molecule has 15 heavy (non-hydrogen) atoms. The van der Waals surface area contributed by atoms with E-state index in [9.17, 15) is 4.79 Å². The minimum absolute atomic E-state index is 0.164. The summed E-state index contributed by atoms with van der Waals surface area (Å²) in [5, 5.41) is 3.43. The lowest BCUT2D eigenvalue weighted by atomic mass is 10.0. The number of nitrogens with one attached hydrogen (secondary N) is 1. The van der Waals surface area contributed by atoms with Gasteiger partial charge in [0.15, 0.2) is 6.54 Å². The van der Waals surface area contributed by atoms with Gasteiger partial charge in [-0.05, 0) is 5.56 Å². The first kappa shape index (κ1) is 10.3. The summed E-state index contributed by atoms with van der Waals surface area (Å²) in [7, 11) is 0. The Morgan fingerprint density at radius 1 is 1.40 bits per heavy atom. The molecule has 0 saturated carbocycles. The highest BCUT2D eigenvalue weighted by Crippen LogP contribution is 2.15. The van der Waals surface area contributed by atoms with Crippen molar-refractivity contribution in [3.8, 4) is 0 Å². The first-order valence-corrected chi connectivity index (χ1v) is 5.31. The molecular formula is C12H16N2O+. The van der Waals surface area contributed by atoms with Crippen molar-refractivity contribution in [2.24, 2.45) is 0 Å². The van der Waals surface area contributed by atoms with Crippen molar-refractivity contribution < 1.29 is 4.79 Å². The molecule has 1 N–H and O–H groups in total. The number of hydrogen-bond donors (Lipinski definition) is 1. The zero-order valence-electron chi connectivity index (χ0n) is 8.94. The third-order valence-corrected chi connectivity index (χ3v) is 2.82. The highest BCUT2D eigenvalue weighted by atomic mass is 16.2. The maximum Gasteiger partial charge on any atom is 0.358 e. The minimum Gasteiger partial charge on any atom is -0.299 e. The molecule has 0 bridgehead atoms. The number of carbonyl (C=O) groups excluding carboxylic acids is 1. The highest BCUT2D eigenvalue weighted by molar-refractivity contribution is 5.76. The van der Waals surface area contributed by atoms with E-state index in [-0.39, 0.29) is 11.9 Å². The normalized spacial score (nSPS) is 22.6. The van der Waals surface area contributed by atoms with E-state index < -0.39 is 0 Å². The summed E-state index contributed by atoms with van der Waals surface area (Å²) in [6.45, 7) is 4.10. The quantitative estimate of drug-likeness (QED) is 0.693. The third kappa shape index (κ3) is 2.43. The Morgan fingerprint density at radius 3 is 2.80 bits per heavy atom. The lowest BCUT2D eigenvalue weighted by Crippen LogP contribution is -2.51. The number of nitrogens with zero attached hydrogens (tertiary/aromatic N) is 1. The van der Waals surface area contributed by atoms with Gasteiger partial charge < -0.3 is 0 Å². The summed E-state index contributed by atoms with van der Waals surface area (Å²) in [5.41, 5.74) is 1.25. The molecule has 2 rings (SSSR count). The van der Waals surface area contributed by atoms with Crippen molar-refractivity contribution in [1.29, 1.82) is 0 Å². The average molecular weight is 204 g/mol. The Kier molecular flexibility index (Phi) is 3.14. The molecule has 0 aromatic heterocycles. The highest BCUT2D eigenvalue weighted by Gasteiger charge is 2.31. The maximum absolute atomic E-state index is 11.3. The maximum atomic E-state index is 11.3. The summed E-state index contributed by atoms with van der Waals surface area (Å²) >= 11 is 0. The van der Waals surface area contributed by atoms with Gasteiger partial charge in [0.25, 0.3) is 0 Å². The van der Waals surface area contributed by atoms with Crippen LogP contribution in [0.15, 0.2) is 30.3 Å². The van der Waals surface area contributed by atoms with Crippen LogP contribution < -0.4 is 10.2 Å². The summed E-state index contributed by atoms with van der Waals surface area (Å²) in [4.78, 5) is 13.2. The van der Waals surface area contributed by atoms with Crippen LogP contribution in [0.25, 0.3) is 0 Å². The first-order chi connectivity index (χ1) is 7.27. The van der Waals surface area contributed by atoms with E-state index in [1.807, 2.05) is 23.1 Å². The van der Waals surface area contributed by atoms with Crippen LogP contribution in [-0.4, -0.2) is 25.5 Å². The molecule has 1 heterocycles. The summed E-state index contributed by atoms with van der Waals surface area (Å²) in [5.74, 6) is 0.164. The second-order valence-corrected chi connectivity index (χ2v) is 3.88. The zero-order valence-corrected chi connectivity index (χ0v) is 8.94. The average Bonchev–Trinajstić information content (AvgIpc) is 2.30. The van der Waals surface area contributed by atoms with E-state index in [0.717, 1.165) is 19.6 Å². The van der Waals surface area contributed by atoms with Crippen LogP contribution in [-0.2, 0) is 4.79 Å². The molecule has 1 aromatic rings. The van der Waals surface area contributed by atoms with Crippen LogP contribution in [0, 0.1) is 0 Å². The lowest BCUT2D eigenvalue weighted by Gasteiger charge is -2.24. The number of amides is 1. The molecule has 1 aliphatic rings. The van der Waals surface area contributed by atoms with Crippen LogP contribution in [0.3, 0.4) is 0 Å². The Morgan fingerprint density at radius 2 is 2.13 bits per heavy atom. The van der Waals surface area contributed by atoms with Crippen LogP contribution in [0.2, 0.25) is 0 Å². The number of benzene rings is 1. The largest absolute Gasteiger partial charge is 0.358 e. The van der Waals surface area contributed by atoms with Crippen molar-refractivity contribution in [1.82, 2.24) is 10.2 Å².